The molecule has 0 atom stereocenters. The van der Waals surface area contributed by atoms with E-state index in [0.29, 0.717) is 0 Å². The van der Waals surface area contributed by atoms with Gasteiger partial charge >= 0.3 is 0 Å². The standard InChI is InChI=1S/C15H21N/c1-5-9-12-14(11-7-3)15(16-8-4)13-10-6-2/h5-13H,1-4H3/b9-5-,10-6-,11-7-,14-12-,15-13-,16-8?. The smallest absolute Gasteiger partial charge is 0.0697 e. The highest BCUT2D eigenvalue weighted by Crippen LogP contribution is 2.13. The molecular formula is C15H21N. The Bertz CT molecular complexity index is 314. The number of nitrogens with zero attached hydrogens (tertiary/aromatic N) is 1. The summed E-state index contributed by atoms with van der Waals surface area (Å²) in [7, 11) is 0. The molecule has 0 spiro atoms. The van der Waals surface area contributed by atoms with Crippen LogP contribution in [0.25, 0.3) is 0 Å². The van der Waals surface area contributed by atoms with Gasteiger partial charge in [0.25, 0.3) is 0 Å². The second-order valence-electron chi connectivity index (χ2n) is 3.11. The summed E-state index contributed by atoms with van der Waals surface area (Å²) in [4.78, 5) is 4.36. The number of allylic oxidation sites excluding steroid dienone is 8. The van der Waals surface area contributed by atoms with Crippen molar-refractivity contribution in [1.82, 2.24) is 0 Å². The third-order valence-electron chi connectivity index (χ3n) is 1.82. The van der Waals surface area contributed by atoms with Gasteiger partial charge < -0.3 is 0 Å². The molecule has 0 aromatic carbocycles. The highest BCUT2D eigenvalue weighted by molar-refractivity contribution is 5.58. The lowest BCUT2D eigenvalue weighted by molar-refractivity contribution is 1.34. The van der Waals surface area contributed by atoms with Gasteiger partial charge in [0, 0.05) is 6.21 Å². The van der Waals surface area contributed by atoms with Crippen molar-refractivity contribution in [3.8, 4) is 0 Å². The van der Waals surface area contributed by atoms with Crippen molar-refractivity contribution < 1.29 is 0 Å². The van der Waals surface area contributed by atoms with E-state index < -0.39 is 0 Å². The second kappa shape index (κ2) is 9.91. The second-order valence-corrected chi connectivity index (χ2v) is 3.11. The molecule has 0 saturated carbocycles. The average molecular weight is 215 g/mol. The lowest BCUT2D eigenvalue weighted by atomic mass is 10.1. The molecule has 1 nitrogen and oxygen atoms in total. The Morgan fingerprint density at radius 3 is 1.94 bits per heavy atom. The third-order valence-corrected chi connectivity index (χ3v) is 1.82. The summed E-state index contributed by atoms with van der Waals surface area (Å²) in [6.45, 7) is 7.93. The highest BCUT2D eigenvalue weighted by atomic mass is 14.7. The molecule has 0 aliphatic heterocycles. The summed E-state index contributed by atoms with van der Waals surface area (Å²) in [6.07, 6.45) is 18.0. The predicted octanol–water partition coefficient (Wildman–Crippen LogP) is 4.62. The minimum absolute atomic E-state index is 0.969. The molecule has 0 aliphatic carbocycles. The van der Waals surface area contributed by atoms with Crippen LogP contribution in [0.3, 0.4) is 0 Å². The monoisotopic (exact) mass is 215 g/mol. The molecule has 0 aromatic rings. The predicted molar refractivity (Wildman–Crippen MR) is 74.8 cm³/mol. The molecule has 0 unspecified atom stereocenters. The lowest BCUT2D eigenvalue weighted by Crippen LogP contribution is -1.83. The first kappa shape index (κ1) is 14.4. The van der Waals surface area contributed by atoms with Gasteiger partial charge in [0.05, 0.1) is 5.70 Å². The Kier molecular flexibility index (Phi) is 8.90. The Hall–Kier alpha value is -1.63. The van der Waals surface area contributed by atoms with Crippen molar-refractivity contribution in [3.63, 3.8) is 0 Å². The Morgan fingerprint density at radius 2 is 1.44 bits per heavy atom. The zero-order valence-electron chi connectivity index (χ0n) is 10.6. The van der Waals surface area contributed by atoms with E-state index in [-0.39, 0.29) is 0 Å². The fourth-order valence-electron chi connectivity index (χ4n) is 1.15. The van der Waals surface area contributed by atoms with E-state index in [1.54, 1.807) is 0 Å². The molecule has 0 saturated heterocycles. The van der Waals surface area contributed by atoms with Crippen LogP contribution >= 0.6 is 0 Å². The van der Waals surface area contributed by atoms with Crippen LogP contribution in [0.1, 0.15) is 27.7 Å². The summed E-state index contributed by atoms with van der Waals surface area (Å²) in [5, 5.41) is 0. The van der Waals surface area contributed by atoms with Crippen LogP contribution in [0.2, 0.25) is 0 Å². The summed E-state index contributed by atoms with van der Waals surface area (Å²) in [6, 6.07) is 0. The van der Waals surface area contributed by atoms with E-state index in [4.69, 9.17) is 0 Å². The molecule has 86 valence electrons. The Balaban J connectivity index is 5.25. The van der Waals surface area contributed by atoms with Crippen molar-refractivity contribution in [2.45, 2.75) is 27.7 Å². The van der Waals surface area contributed by atoms with Crippen LogP contribution < -0.4 is 0 Å². The number of hydrogen-bond donors (Lipinski definition) is 0. The Morgan fingerprint density at radius 1 is 0.812 bits per heavy atom. The first-order chi connectivity index (χ1) is 7.79. The normalized spacial score (nSPS) is 15.2. The van der Waals surface area contributed by atoms with Crippen molar-refractivity contribution in [1.29, 1.82) is 0 Å². The summed E-state index contributed by atoms with van der Waals surface area (Å²) in [5.74, 6) is 0. The van der Waals surface area contributed by atoms with Gasteiger partial charge in [-0.1, -0.05) is 42.5 Å². The molecular weight excluding hydrogens is 194 g/mol. The Labute approximate surface area is 99.3 Å². The minimum Gasteiger partial charge on any atom is -0.261 e. The van der Waals surface area contributed by atoms with Crippen molar-refractivity contribution in [3.05, 3.63) is 59.9 Å². The van der Waals surface area contributed by atoms with Crippen molar-refractivity contribution in [2.24, 2.45) is 4.99 Å². The van der Waals surface area contributed by atoms with E-state index in [9.17, 15) is 0 Å². The van der Waals surface area contributed by atoms with Crippen LogP contribution in [0.5, 0.6) is 0 Å². The molecule has 0 N–H and O–H groups in total. The lowest BCUT2D eigenvalue weighted by Gasteiger charge is -2.01. The maximum Gasteiger partial charge on any atom is 0.0697 e. The van der Waals surface area contributed by atoms with Crippen molar-refractivity contribution >= 4 is 6.21 Å². The third kappa shape index (κ3) is 5.97. The molecule has 0 rings (SSSR count). The molecule has 0 fully saturated rings. The molecule has 0 aromatic heterocycles. The van der Waals surface area contributed by atoms with Gasteiger partial charge in [-0.25, -0.2) is 0 Å². The quantitative estimate of drug-likeness (QED) is 0.469. The van der Waals surface area contributed by atoms with Crippen LogP contribution in [0.4, 0.5) is 0 Å². The number of hydrogen-bond acceptors (Lipinski definition) is 1. The van der Waals surface area contributed by atoms with Crippen molar-refractivity contribution in [2.75, 3.05) is 0 Å². The van der Waals surface area contributed by atoms with Gasteiger partial charge in [-0.3, -0.25) is 4.99 Å². The molecule has 0 bridgehead atoms. The zero-order chi connectivity index (χ0) is 12.2. The number of aliphatic imine (C=N–C) groups is 1. The van der Waals surface area contributed by atoms with Gasteiger partial charge in [0.2, 0.25) is 0 Å². The SMILES string of the molecule is CC=NC(=C\C=C/C)/C(/C=C\C)=C\C=C/C. The summed E-state index contributed by atoms with van der Waals surface area (Å²) in [5.41, 5.74) is 2.08. The topological polar surface area (TPSA) is 12.4 Å². The van der Waals surface area contributed by atoms with Gasteiger partial charge in [0.15, 0.2) is 0 Å². The van der Waals surface area contributed by atoms with Gasteiger partial charge in [-0.05, 0) is 39.3 Å². The van der Waals surface area contributed by atoms with E-state index in [2.05, 4.69) is 17.1 Å². The maximum atomic E-state index is 4.36. The van der Waals surface area contributed by atoms with Crippen LogP contribution in [-0.2, 0) is 0 Å². The van der Waals surface area contributed by atoms with E-state index >= 15 is 0 Å². The molecule has 16 heavy (non-hydrogen) atoms. The van der Waals surface area contributed by atoms with E-state index in [1.165, 1.54) is 0 Å². The maximum absolute atomic E-state index is 4.36. The minimum atomic E-state index is 0.969. The molecule has 0 radical (unpaired) electrons. The summed E-state index contributed by atoms with van der Waals surface area (Å²) < 4.78 is 0. The van der Waals surface area contributed by atoms with Gasteiger partial charge in [0.1, 0.15) is 0 Å². The van der Waals surface area contributed by atoms with Gasteiger partial charge in [-0.15, -0.1) is 0 Å². The molecule has 1 heteroatoms. The first-order valence-corrected chi connectivity index (χ1v) is 5.57. The fourth-order valence-corrected chi connectivity index (χ4v) is 1.15. The molecule has 0 aliphatic rings. The fraction of sp³-hybridized carbons (Fsp3) is 0.267. The van der Waals surface area contributed by atoms with E-state index in [0.717, 1.165) is 11.3 Å². The molecule has 0 heterocycles. The largest absolute Gasteiger partial charge is 0.261 e. The molecule has 0 amide bonds. The van der Waals surface area contributed by atoms with Crippen LogP contribution in [-0.4, -0.2) is 6.21 Å². The van der Waals surface area contributed by atoms with Crippen LogP contribution in [0.15, 0.2) is 64.9 Å². The first-order valence-electron chi connectivity index (χ1n) is 5.57. The summed E-state index contributed by atoms with van der Waals surface area (Å²) >= 11 is 0. The zero-order valence-corrected chi connectivity index (χ0v) is 10.6. The number of rotatable bonds is 5. The van der Waals surface area contributed by atoms with E-state index in [1.807, 2.05) is 70.4 Å². The van der Waals surface area contributed by atoms with Crippen LogP contribution in [0, 0.1) is 0 Å². The highest BCUT2D eigenvalue weighted by Gasteiger charge is 1.96. The van der Waals surface area contributed by atoms with Gasteiger partial charge in [-0.2, -0.15) is 0 Å². The average Bonchev–Trinajstić information content (AvgIpc) is 2.30.